The number of nitrogens with one attached hydrogen (secondary N) is 3. The molecule has 4 rings (SSSR count). The third-order valence-corrected chi connectivity index (χ3v) is 5.45. The zero-order valence-electron chi connectivity index (χ0n) is 15.5. The lowest BCUT2D eigenvalue weighted by Gasteiger charge is -2.20. The van der Waals surface area contributed by atoms with Crippen LogP contribution in [0.2, 0.25) is 0 Å². The Morgan fingerprint density at radius 1 is 1.04 bits per heavy atom. The Labute approximate surface area is 159 Å². The van der Waals surface area contributed by atoms with Gasteiger partial charge in [0.25, 0.3) is 5.91 Å². The number of hydrogen-bond acceptors (Lipinski definition) is 3. The highest BCUT2D eigenvalue weighted by Gasteiger charge is 2.29. The van der Waals surface area contributed by atoms with E-state index in [0.29, 0.717) is 17.1 Å². The van der Waals surface area contributed by atoms with Crippen LogP contribution in [0.1, 0.15) is 61.0 Å². The maximum absolute atomic E-state index is 12.5. The van der Waals surface area contributed by atoms with Crippen LogP contribution in [0.3, 0.4) is 0 Å². The molecule has 0 bridgehead atoms. The Hall–Kier alpha value is -2.63. The molecule has 0 aliphatic heterocycles. The molecule has 0 unspecified atom stereocenters. The molecule has 0 saturated heterocycles. The van der Waals surface area contributed by atoms with Crippen LogP contribution in [0.15, 0.2) is 30.3 Å². The van der Waals surface area contributed by atoms with Crippen molar-refractivity contribution >= 4 is 23.3 Å². The van der Waals surface area contributed by atoms with Gasteiger partial charge in [-0.3, -0.25) is 14.7 Å². The van der Waals surface area contributed by atoms with Crippen molar-refractivity contribution in [2.24, 2.45) is 11.8 Å². The Bertz CT molecular complexity index is 819. The molecule has 2 saturated carbocycles. The molecule has 2 aliphatic carbocycles. The van der Waals surface area contributed by atoms with Crippen LogP contribution in [0.25, 0.3) is 0 Å². The van der Waals surface area contributed by atoms with Gasteiger partial charge in [0, 0.05) is 28.9 Å². The summed E-state index contributed by atoms with van der Waals surface area (Å²) in [6, 6.07) is 8.93. The molecule has 2 aromatic rings. The Morgan fingerprint density at radius 2 is 1.85 bits per heavy atom. The summed E-state index contributed by atoms with van der Waals surface area (Å²) in [5.41, 5.74) is 2.22. The highest BCUT2D eigenvalue weighted by molar-refractivity contribution is 6.05. The summed E-state index contributed by atoms with van der Waals surface area (Å²) in [6.45, 7) is 0. The SMILES string of the molecule is O=C(Nc1cc(CC2CCCCC2)[nH]n1)c1cccc(NC(=O)C2CC2)c1. The predicted octanol–water partition coefficient (Wildman–Crippen LogP) is 4.13. The molecule has 2 amide bonds. The van der Waals surface area contributed by atoms with Crippen LogP contribution >= 0.6 is 0 Å². The van der Waals surface area contributed by atoms with E-state index < -0.39 is 0 Å². The second kappa shape index (κ2) is 7.94. The fraction of sp³-hybridized carbons (Fsp3) is 0.476. The number of amides is 2. The molecule has 0 atom stereocenters. The first-order valence-corrected chi connectivity index (χ1v) is 9.94. The third kappa shape index (κ3) is 4.76. The van der Waals surface area contributed by atoms with Crippen LogP contribution in [0, 0.1) is 11.8 Å². The summed E-state index contributed by atoms with van der Waals surface area (Å²) in [5, 5.41) is 13.0. The third-order valence-electron chi connectivity index (χ3n) is 5.45. The van der Waals surface area contributed by atoms with E-state index in [-0.39, 0.29) is 17.7 Å². The molecule has 2 aliphatic rings. The van der Waals surface area contributed by atoms with E-state index in [2.05, 4.69) is 20.8 Å². The van der Waals surface area contributed by atoms with Crippen molar-refractivity contribution in [3.63, 3.8) is 0 Å². The van der Waals surface area contributed by atoms with E-state index in [1.165, 1.54) is 32.1 Å². The molecule has 6 heteroatoms. The molecule has 142 valence electrons. The van der Waals surface area contributed by atoms with E-state index in [1.807, 2.05) is 6.07 Å². The molecule has 0 radical (unpaired) electrons. The highest BCUT2D eigenvalue weighted by atomic mass is 16.2. The van der Waals surface area contributed by atoms with Gasteiger partial charge in [-0.05, 0) is 43.4 Å². The lowest BCUT2D eigenvalue weighted by atomic mass is 9.86. The lowest BCUT2D eigenvalue weighted by molar-refractivity contribution is -0.117. The number of aromatic amines is 1. The van der Waals surface area contributed by atoms with Gasteiger partial charge in [0.15, 0.2) is 5.82 Å². The van der Waals surface area contributed by atoms with Gasteiger partial charge in [0.1, 0.15) is 0 Å². The predicted molar refractivity (Wildman–Crippen MR) is 105 cm³/mol. The van der Waals surface area contributed by atoms with Gasteiger partial charge in [-0.1, -0.05) is 38.2 Å². The van der Waals surface area contributed by atoms with Crippen LogP contribution in [-0.4, -0.2) is 22.0 Å². The summed E-state index contributed by atoms with van der Waals surface area (Å²) < 4.78 is 0. The van der Waals surface area contributed by atoms with Gasteiger partial charge < -0.3 is 10.6 Å². The second-order valence-corrected chi connectivity index (χ2v) is 7.79. The molecule has 6 nitrogen and oxygen atoms in total. The maximum atomic E-state index is 12.5. The van der Waals surface area contributed by atoms with Gasteiger partial charge in [0.05, 0.1) is 0 Å². The normalized spacial score (nSPS) is 17.5. The minimum atomic E-state index is -0.228. The van der Waals surface area contributed by atoms with Crippen molar-refractivity contribution < 1.29 is 9.59 Å². The largest absolute Gasteiger partial charge is 0.326 e. The number of aromatic nitrogens is 2. The molecule has 1 heterocycles. The van der Waals surface area contributed by atoms with Crippen molar-refractivity contribution in [3.05, 3.63) is 41.6 Å². The molecule has 0 spiro atoms. The summed E-state index contributed by atoms with van der Waals surface area (Å²) in [7, 11) is 0. The molecule has 1 aromatic heterocycles. The number of benzene rings is 1. The van der Waals surface area contributed by atoms with Crippen LogP contribution < -0.4 is 10.6 Å². The first-order valence-electron chi connectivity index (χ1n) is 9.94. The van der Waals surface area contributed by atoms with E-state index in [9.17, 15) is 9.59 Å². The second-order valence-electron chi connectivity index (χ2n) is 7.79. The topological polar surface area (TPSA) is 86.9 Å². The molecular formula is C21H26N4O2. The minimum Gasteiger partial charge on any atom is -0.326 e. The number of H-pyrrole nitrogens is 1. The first kappa shape index (κ1) is 17.8. The summed E-state index contributed by atoms with van der Waals surface area (Å²) in [6.07, 6.45) is 9.43. The van der Waals surface area contributed by atoms with Crippen LogP contribution in [-0.2, 0) is 11.2 Å². The number of nitrogens with zero attached hydrogens (tertiary/aromatic N) is 1. The van der Waals surface area contributed by atoms with E-state index in [0.717, 1.165) is 30.9 Å². The van der Waals surface area contributed by atoms with Gasteiger partial charge in [-0.25, -0.2) is 0 Å². The summed E-state index contributed by atoms with van der Waals surface area (Å²) >= 11 is 0. The quantitative estimate of drug-likeness (QED) is 0.718. The lowest BCUT2D eigenvalue weighted by Crippen LogP contribution is -2.15. The fourth-order valence-corrected chi connectivity index (χ4v) is 3.75. The van der Waals surface area contributed by atoms with Crippen molar-refractivity contribution in [2.45, 2.75) is 51.4 Å². The molecule has 1 aromatic carbocycles. The maximum Gasteiger partial charge on any atom is 0.256 e. The van der Waals surface area contributed by atoms with Crippen molar-refractivity contribution in [1.29, 1.82) is 0 Å². The van der Waals surface area contributed by atoms with Crippen molar-refractivity contribution in [1.82, 2.24) is 10.2 Å². The van der Waals surface area contributed by atoms with Crippen molar-refractivity contribution in [2.75, 3.05) is 10.6 Å². The smallest absolute Gasteiger partial charge is 0.256 e. The van der Waals surface area contributed by atoms with Crippen LogP contribution in [0.5, 0.6) is 0 Å². The number of rotatable bonds is 6. The zero-order valence-corrected chi connectivity index (χ0v) is 15.5. The van der Waals surface area contributed by atoms with Crippen molar-refractivity contribution in [3.8, 4) is 0 Å². The first-order chi connectivity index (χ1) is 13.2. The molecule has 2 fully saturated rings. The highest BCUT2D eigenvalue weighted by Crippen LogP contribution is 2.30. The molecular weight excluding hydrogens is 340 g/mol. The summed E-state index contributed by atoms with van der Waals surface area (Å²) in [5.74, 6) is 1.20. The number of carbonyl (C=O) groups excluding carboxylic acids is 2. The molecule has 27 heavy (non-hydrogen) atoms. The van der Waals surface area contributed by atoms with Gasteiger partial charge in [-0.2, -0.15) is 5.10 Å². The Kier molecular flexibility index (Phi) is 5.23. The molecule has 3 N–H and O–H groups in total. The monoisotopic (exact) mass is 366 g/mol. The van der Waals surface area contributed by atoms with Gasteiger partial charge in [-0.15, -0.1) is 0 Å². The minimum absolute atomic E-state index is 0.0345. The Balaban J connectivity index is 1.35. The summed E-state index contributed by atoms with van der Waals surface area (Å²) in [4.78, 5) is 24.4. The average Bonchev–Trinajstić information content (AvgIpc) is 3.45. The van der Waals surface area contributed by atoms with Gasteiger partial charge in [0.2, 0.25) is 5.91 Å². The van der Waals surface area contributed by atoms with Gasteiger partial charge >= 0.3 is 0 Å². The number of hydrogen-bond donors (Lipinski definition) is 3. The number of carbonyl (C=O) groups is 2. The average molecular weight is 366 g/mol. The van der Waals surface area contributed by atoms with E-state index >= 15 is 0 Å². The van der Waals surface area contributed by atoms with E-state index in [1.54, 1.807) is 24.3 Å². The Morgan fingerprint density at radius 3 is 2.63 bits per heavy atom. The zero-order chi connectivity index (χ0) is 18.6. The fourth-order valence-electron chi connectivity index (χ4n) is 3.75. The standard InChI is InChI=1S/C21H26N4O2/c26-20(15-9-10-15)22-17-8-4-7-16(12-17)21(27)23-19-13-18(24-25-19)11-14-5-2-1-3-6-14/h4,7-8,12-15H,1-3,5-6,9-11H2,(H,22,26)(H2,23,24,25,27). The van der Waals surface area contributed by atoms with E-state index in [4.69, 9.17) is 0 Å². The number of anilines is 2. The van der Waals surface area contributed by atoms with Crippen LogP contribution in [0.4, 0.5) is 11.5 Å².